The topological polar surface area (TPSA) is 36.9 Å². The van der Waals surface area contributed by atoms with Gasteiger partial charge in [-0.05, 0) is 17.5 Å². The molecule has 2 aromatic rings. The molecule has 0 N–H and O–H groups in total. The van der Waals surface area contributed by atoms with E-state index in [0.29, 0.717) is 23.1 Å². The van der Waals surface area contributed by atoms with Crippen LogP contribution in [-0.2, 0) is 9.47 Å². The van der Waals surface area contributed by atoms with Gasteiger partial charge < -0.3 is 18.9 Å². The summed E-state index contributed by atoms with van der Waals surface area (Å²) in [6, 6.07) is 10.9. The van der Waals surface area contributed by atoms with E-state index in [0.717, 1.165) is 16.8 Å². The standard InChI is InChI=1S/C18H25ClO4Si/c1-20-12-22-16-11-14-7-5-6-8-15(14)18(17(16)19)23-13-21-9-10-24(2,3)4/h5-8,11H,9-10,12-13H2,1-4H3. The Morgan fingerprint density at radius 3 is 2.50 bits per heavy atom. The average molecular weight is 369 g/mol. The van der Waals surface area contributed by atoms with Crippen LogP contribution < -0.4 is 9.47 Å². The van der Waals surface area contributed by atoms with Crippen molar-refractivity contribution in [3.05, 3.63) is 35.4 Å². The first kappa shape index (κ1) is 19.1. The van der Waals surface area contributed by atoms with Gasteiger partial charge in [0.2, 0.25) is 0 Å². The molecule has 132 valence electrons. The number of hydrogen-bond acceptors (Lipinski definition) is 4. The van der Waals surface area contributed by atoms with Gasteiger partial charge in [-0.1, -0.05) is 55.5 Å². The van der Waals surface area contributed by atoms with E-state index in [-0.39, 0.29) is 13.6 Å². The average Bonchev–Trinajstić information content (AvgIpc) is 2.53. The number of methoxy groups -OCH3 is 1. The van der Waals surface area contributed by atoms with Crippen LogP contribution >= 0.6 is 11.6 Å². The highest BCUT2D eigenvalue weighted by molar-refractivity contribution is 6.76. The summed E-state index contributed by atoms with van der Waals surface area (Å²) in [6.07, 6.45) is 0. The van der Waals surface area contributed by atoms with Crippen molar-refractivity contribution in [2.45, 2.75) is 25.7 Å². The number of benzene rings is 2. The molecule has 0 radical (unpaired) electrons. The summed E-state index contributed by atoms with van der Waals surface area (Å²) in [7, 11) is 0.463. The van der Waals surface area contributed by atoms with E-state index >= 15 is 0 Å². The van der Waals surface area contributed by atoms with Crippen LogP contribution in [0.2, 0.25) is 30.7 Å². The summed E-state index contributed by atoms with van der Waals surface area (Å²) < 4.78 is 21.9. The quantitative estimate of drug-likeness (QED) is 0.347. The first-order chi connectivity index (χ1) is 11.4. The van der Waals surface area contributed by atoms with E-state index in [1.807, 2.05) is 30.3 Å². The zero-order chi connectivity index (χ0) is 17.6. The van der Waals surface area contributed by atoms with Crippen molar-refractivity contribution >= 4 is 30.4 Å². The van der Waals surface area contributed by atoms with E-state index in [2.05, 4.69) is 19.6 Å². The van der Waals surface area contributed by atoms with Gasteiger partial charge in [-0.2, -0.15) is 0 Å². The smallest absolute Gasteiger partial charge is 0.189 e. The molecule has 0 heterocycles. The Kier molecular flexibility index (Phi) is 6.92. The molecule has 0 aliphatic heterocycles. The summed E-state index contributed by atoms with van der Waals surface area (Å²) in [5.41, 5.74) is 0. The van der Waals surface area contributed by atoms with Crippen LogP contribution in [0.25, 0.3) is 10.8 Å². The lowest BCUT2D eigenvalue weighted by Crippen LogP contribution is -2.22. The third-order valence-corrected chi connectivity index (χ3v) is 5.58. The number of hydrogen-bond donors (Lipinski definition) is 0. The lowest BCUT2D eigenvalue weighted by molar-refractivity contribution is 0.0224. The van der Waals surface area contributed by atoms with Gasteiger partial charge in [0.05, 0.1) is 0 Å². The molecule has 0 bridgehead atoms. The van der Waals surface area contributed by atoms with Crippen LogP contribution in [0.1, 0.15) is 0 Å². The van der Waals surface area contributed by atoms with Gasteiger partial charge in [0.25, 0.3) is 0 Å². The maximum Gasteiger partial charge on any atom is 0.189 e. The van der Waals surface area contributed by atoms with Crippen molar-refractivity contribution in [3.63, 3.8) is 0 Å². The third kappa shape index (κ3) is 5.38. The van der Waals surface area contributed by atoms with E-state index in [4.69, 9.17) is 30.5 Å². The molecule has 0 spiro atoms. The van der Waals surface area contributed by atoms with E-state index in [1.54, 1.807) is 7.11 Å². The summed E-state index contributed by atoms with van der Waals surface area (Å²) in [5, 5.41) is 2.35. The second-order valence-electron chi connectivity index (χ2n) is 6.77. The molecule has 24 heavy (non-hydrogen) atoms. The van der Waals surface area contributed by atoms with Gasteiger partial charge in [-0.15, -0.1) is 0 Å². The van der Waals surface area contributed by atoms with E-state index in [1.165, 1.54) is 0 Å². The van der Waals surface area contributed by atoms with Crippen LogP contribution in [0, 0.1) is 0 Å². The molecule has 2 aromatic carbocycles. The normalized spacial score (nSPS) is 11.7. The fourth-order valence-corrected chi connectivity index (χ4v) is 3.19. The Balaban J connectivity index is 2.13. The number of halogens is 1. The highest BCUT2D eigenvalue weighted by atomic mass is 35.5. The minimum atomic E-state index is -1.11. The fourth-order valence-electron chi connectivity index (χ4n) is 2.17. The molecular weight excluding hydrogens is 344 g/mol. The molecule has 2 rings (SSSR count). The number of ether oxygens (including phenoxy) is 4. The lowest BCUT2D eigenvalue weighted by atomic mass is 10.1. The van der Waals surface area contributed by atoms with Crippen LogP contribution in [0.4, 0.5) is 0 Å². The van der Waals surface area contributed by atoms with Crippen LogP contribution in [0.3, 0.4) is 0 Å². The molecule has 0 fully saturated rings. The molecule has 0 aliphatic rings. The second kappa shape index (κ2) is 8.71. The van der Waals surface area contributed by atoms with Crippen LogP contribution in [0.15, 0.2) is 30.3 Å². The number of rotatable bonds is 9. The van der Waals surface area contributed by atoms with Gasteiger partial charge in [-0.3, -0.25) is 0 Å². The molecule has 0 amide bonds. The molecule has 0 saturated carbocycles. The molecule has 0 unspecified atom stereocenters. The zero-order valence-electron chi connectivity index (χ0n) is 14.7. The van der Waals surface area contributed by atoms with E-state index in [9.17, 15) is 0 Å². The maximum atomic E-state index is 6.45. The maximum absolute atomic E-state index is 6.45. The Morgan fingerprint density at radius 2 is 1.79 bits per heavy atom. The van der Waals surface area contributed by atoms with Crippen molar-refractivity contribution in [1.29, 1.82) is 0 Å². The van der Waals surface area contributed by atoms with Crippen molar-refractivity contribution in [2.24, 2.45) is 0 Å². The molecule has 0 aliphatic carbocycles. The fraction of sp³-hybridized carbons (Fsp3) is 0.444. The summed E-state index contributed by atoms with van der Waals surface area (Å²) >= 11 is 6.45. The Morgan fingerprint density at radius 1 is 1.04 bits per heavy atom. The van der Waals surface area contributed by atoms with Gasteiger partial charge in [0.1, 0.15) is 10.8 Å². The van der Waals surface area contributed by atoms with Crippen LogP contribution in [0.5, 0.6) is 11.5 Å². The van der Waals surface area contributed by atoms with E-state index < -0.39 is 8.07 Å². The summed E-state index contributed by atoms with van der Waals surface area (Å²) in [4.78, 5) is 0. The molecular formula is C18H25ClO4Si. The predicted molar refractivity (Wildman–Crippen MR) is 101 cm³/mol. The minimum absolute atomic E-state index is 0.129. The van der Waals surface area contributed by atoms with Crippen molar-refractivity contribution in [2.75, 3.05) is 27.3 Å². The van der Waals surface area contributed by atoms with Crippen molar-refractivity contribution in [3.8, 4) is 11.5 Å². The predicted octanol–water partition coefficient (Wildman–Crippen LogP) is 5.17. The highest BCUT2D eigenvalue weighted by Crippen LogP contribution is 2.41. The molecule has 0 saturated heterocycles. The number of fused-ring (bicyclic) bond motifs is 1. The van der Waals surface area contributed by atoms with Crippen molar-refractivity contribution in [1.82, 2.24) is 0 Å². The van der Waals surface area contributed by atoms with Gasteiger partial charge >= 0.3 is 0 Å². The monoisotopic (exact) mass is 368 g/mol. The third-order valence-electron chi connectivity index (χ3n) is 3.52. The Hall–Kier alpha value is -1.27. The minimum Gasteiger partial charge on any atom is -0.466 e. The first-order valence-corrected chi connectivity index (χ1v) is 12.0. The lowest BCUT2D eigenvalue weighted by Gasteiger charge is -2.17. The first-order valence-electron chi connectivity index (χ1n) is 7.96. The van der Waals surface area contributed by atoms with Crippen molar-refractivity contribution < 1.29 is 18.9 Å². The van der Waals surface area contributed by atoms with Gasteiger partial charge in [-0.25, -0.2) is 0 Å². The molecule has 4 nitrogen and oxygen atoms in total. The molecule has 0 atom stereocenters. The van der Waals surface area contributed by atoms with Gasteiger partial charge in [0, 0.05) is 27.2 Å². The zero-order valence-corrected chi connectivity index (χ0v) is 16.5. The highest BCUT2D eigenvalue weighted by Gasteiger charge is 2.15. The van der Waals surface area contributed by atoms with Crippen LogP contribution in [-0.4, -0.2) is 35.4 Å². The van der Waals surface area contributed by atoms with Gasteiger partial charge in [0.15, 0.2) is 19.3 Å². The molecule has 6 heteroatoms. The summed E-state index contributed by atoms with van der Waals surface area (Å²) in [5.74, 6) is 1.11. The Labute approximate surface area is 149 Å². The SMILES string of the molecule is COCOc1cc2ccccc2c(OCOCC[Si](C)(C)C)c1Cl. The Bertz CT molecular complexity index is 670. The second-order valence-corrected chi connectivity index (χ2v) is 12.8. The molecule has 0 aromatic heterocycles. The largest absolute Gasteiger partial charge is 0.466 e. The summed E-state index contributed by atoms with van der Waals surface area (Å²) in [6.45, 7) is 7.95.